The van der Waals surface area contributed by atoms with Crippen LogP contribution in [0.5, 0.6) is 0 Å². The number of carbonyl (C=O) groups excluding carboxylic acids is 1. The van der Waals surface area contributed by atoms with Gasteiger partial charge in [0.1, 0.15) is 10.3 Å². The smallest absolute Gasteiger partial charge is 0.229 e. The number of carbonyl (C=O) groups is 1. The summed E-state index contributed by atoms with van der Waals surface area (Å²) in [7, 11) is 0. The van der Waals surface area contributed by atoms with Gasteiger partial charge in [-0.05, 0) is 30.2 Å². The SMILES string of the molecule is Cc1cc(Cl)nc(Cl)c1NC(=O)Cc1cccnc1Cl. The third kappa shape index (κ3) is 3.60. The van der Waals surface area contributed by atoms with Crippen LogP contribution in [0.15, 0.2) is 24.4 Å². The molecule has 2 heterocycles. The Morgan fingerprint density at radius 1 is 1.30 bits per heavy atom. The van der Waals surface area contributed by atoms with Crippen molar-refractivity contribution in [3.8, 4) is 0 Å². The Hall–Kier alpha value is -1.36. The lowest BCUT2D eigenvalue weighted by molar-refractivity contribution is -0.115. The minimum atomic E-state index is -0.256. The Bertz CT molecular complexity index is 638. The highest BCUT2D eigenvalue weighted by Gasteiger charge is 2.13. The van der Waals surface area contributed by atoms with Crippen molar-refractivity contribution in [1.29, 1.82) is 0 Å². The maximum atomic E-state index is 12.0. The van der Waals surface area contributed by atoms with Crippen molar-refractivity contribution < 1.29 is 4.79 Å². The van der Waals surface area contributed by atoms with Gasteiger partial charge >= 0.3 is 0 Å². The van der Waals surface area contributed by atoms with Crippen LogP contribution in [0.4, 0.5) is 5.69 Å². The summed E-state index contributed by atoms with van der Waals surface area (Å²) in [5.41, 5.74) is 1.82. The highest BCUT2D eigenvalue weighted by Crippen LogP contribution is 2.26. The molecule has 2 rings (SSSR count). The summed E-state index contributed by atoms with van der Waals surface area (Å²) < 4.78 is 0. The number of hydrogen-bond donors (Lipinski definition) is 1. The predicted molar refractivity (Wildman–Crippen MR) is 80.6 cm³/mol. The molecular weight excluding hydrogens is 321 g/mol. The minimum Gasteiger partial charge on any atom is -0.323 e. The van der Waals surface area contributed by atoms with Gasteiger partial charge in [0, 0.05) is 6.20 Å². The molecule has 0 radical (unpaired) electrons. The molecule has 0 atom stereocenters. The summed E-state index contributed by atoms with van der Waals surface area (Å²) in [6, 6.07) is 5.08. The summed E-state index contributed by atoms with van der Waals surface area (Å²) in [5, 5.41) is 3.44. The number of nitrogens with zero attached hydrogens (tertiary/aromatic N) is 2. The normalized spacial score (nSPS) is 10.4. The van der Waals surface area contributed by atoms with E-state index in [0.717, 1.165) is 5.56 Å². The zero-order valence-electron chi connectivity index (χ0n) is 10.5. The summed E-state index contributed by atoms with van der Waals surface area (Å²) in [5.74, 6) is -0.256. The van der Waals surface area contributed by atoms with E-state index in [-0.39, 0.29) is 22.6 Å². The zero-order valence-corrected chi connectivity index (χ0v) is 12.7. The summed E-state index contributed by atoms with van der Waals surface area (Å²) in [6.45, 7) is 1.78. The van der Waals surface area contributed by atoms with Gasteiger partial charge in [-0.3, -0.25) is 4.79 Å². The minimum absolute atomic E-state index is 0.102. The molecule has 1 N–H and O–H groups in total. The largest absolute Gasteiger partial charge is 0.323 e. The molecule has 0 unspecified atom stereocenters. The highest BCUT2D eigenvalue weighted by molar-refractivity contribution is 6.35. The van der Waals surface area contributed by atoms with Crippen LogP contribution in [0, 0.1) is 6.92 Å². The van der Waals surface area contributed by atoms with Crippen LogP contribution in [-0.2, 0) is 11.2 Å². The van der Waals surface area contributed by atoms with Crippen molar-refractivity contribution in [2.75, 3.05) is 5.32 Å². The zero-order chi connectivity index (χ0) is 14.7. The van der Waals surface area contributed by atoms with Gasteiger partial charge in [0.05, 0.1) is 12.1 Å². The lowest BCUT2D eigenvalue weighted by atomic mass is 10.2. The second-order valence-electron chi connectivity index (χ2n) is 4.11. The Morgan fingerprint density at radius 3 is 2.70 bits per heavy atom. The van der Waals surface area contributed by atoms with E-state index < -0.39 is 0 Å². The monoisotopic (exact) mass is 329 g/mol. The van der Waals surface area contributed by atoms with E-state index in [9.17, 15) is 4.79 Å². The van der Waals surface area contributed by atoms with Crippen molar-refractivity contribution in [3.63, 3.8) is 0 Å². The molecule has 0 aliphatic carbocycles. The third-order valence-corrected chi connectivity index (χ3v) is 3.40. The molecule has 2 aromatic heterocycles. The molecule has 1 amide bonds. The summed E-state index contributed by atoms with van der Waals surface area (Å²) in [4.78, 5) is 19.8. The van der Waals surface area contributed by atoms with E-state index in [0.29, 0.717) is 16.4 Å². The van der Waals surface area contributed by atoms with Gasteiger partial charge in [-0.15, -0.1) is 0 Å². The van der Waals surface area contributed by atoms with E-state index in [1.807, 2.05) is 0 Å². The van der Waals surface area contributed by atoms with Gasteiger partial charge in [-0.1, -0.05) is 40.9 Å². The van der Waals surface area contributed by atoms with Crippen LogP contribution < -0.4 is 5.32 Å². The van der Waals surface area contributed by atoms with Crippen molar-refractivity contribution in [2.24, 2.45) is 0 Å². The highest BCUT2D eigenvalue weighted by atomic mass is 35.5. The summed E-state index contributed by atoms with van der Waals surface area (Å²) >= 11 is 17.6. The van der Waals surface area contributed by atoms with Crippen molar-refractivity contribution in [3.05, 3.63) is 51.0 Å². The number of rotatable bonds is 3. The average Bonchev–Trinajstić information content (AvgIpc) is 2.36. The first kappa shape index (κ1) is 15.0. The first-order chi connectivity index (χ1) is 9.47. The molecular formula is C13H10Cl3N3O. The van der Waals surface area contributed by atoms with E-state index in [1.54, 1.807) is 31.3 Å². The number of anilines is 1. The lowest BCUT2D eigenvalue weighted by Gasteiger charge is -2.10. The van der Waals surface area contributed by atoms with Crippen LogP contribution in [0.25, 0.3) is 0 Å². The number of aromatic nitrogens is 2. The molecule has 7 heteroatoms. The maximum Gasteiger partial charge on any atom is 0.229 e. The van der Waals surface area contributed by atoms with Gasteiger partial charge in [0.25, 0.3) is 0 Å². The second-order valence-corrected chi connectivity index (χ2v) is 5.21. The molecule has 2 aromatic rings. The Kier molecular flexibility index (Phi) is 4.81. The molecule has 0 saturated heterocycles. The second kappa shape index (κ2) is 6.39. The Morgan fingerprint density at radius 2 is 2.05 bits per heavy atom. The van der Waals surface area contributed by atoms with Gasteiger partial charge in [-0.2, -0.15) is 0 Å². The summed E-state index contributed by atoms with van der Waals surface area (Å²) in [6.07, 6.45) is 1.67. The third-order valence-electron chi connectivity index (χ3n) is 2.59. The topological polar surface area (TPSA) is 54.9 Å². The number of pyridine rings is 2. The number of aryl methyl sites for hydroxylation is 1. The average molecular weight is 331 g/mol. The fourth-order valence-corrected chi connectivity index (χ4v) is 2.42. The molecule has 0 aromatic carbocycles. The maximum absolute atomic E-state index is 12.0. The molecule has 0 aliphatic heterocycles. The first-order valence-electron chi connectivity index (χ1n) is 5.69. The Labute approximate surface area is 131 Å². The quantitative estimate of drug-likeness (QED) is 0.868. The van der Waals surface area contributed by atoms with Gasteiger partial charge in [0.2, 0.25) is 5.91 Å². The fourth-order valence-electron chi connectivity index (χ4n) is 1.65. The van der Waals surface area contributed by atoms with Gasteiger partial charge < -0.3 is 5.32 Å². The molecule has 0 aliphatic rings. The standard InChI is InChI=1S/C13H10Cl3N3O/c1-7-5-9(14)18-13(16)11(7)19-10(20)6-8-3-2-4-17-12(8)15/h2-5H,6H2,1H3,(H,19,20). The van der Waals surface area contributed by atoms with E-state index in [4.69, 9.17) is 34.8 Å². The molecule has 4 nitrogen and oxygen atoms in total. The molecule has 104 valence electrons. The van der Waals surface area contributed by atoms with E-state index in [2.05, 4.69) is 15.3 Å². The van der Waals surface area contributed by atoms with E-state index in [1.165, 1.54) is 0 Å². The van der Waals surface area contributed by atoms with Crippen molar-refractivity contribution in [1.82, 2.24) is 9.97 Å². The molecule has 0 spiro atoms. The Balaban J connectivity index is 2.15. The number of halogens is 3. The lowest BCUT2D eigenvalue weighted by Crippen LogP contribution is -2.16. The fraction of sp³-hybridized carbons (Fsp3) is 0.154. The molecule has 0 bridgehead atoms. The van der Waals surface area contributed by atoms with Crippen LogP contribution >= 0.6 is 34.8 Å². The molecule has 0 saturated carbocycles. The number of hydrogen-bond acceptors (Lipinski definition) is 3. The van der Waals surface area contributed by atoms with E-state index >= 15 is 0 Å². The predicted octanol–water partition coefficient (Wildman–Crippen LogP) is 3.93. The first-order valence-corrected chi connectivity index (χ1v) is 6.82. The molecule has 20 heavy (non-hydrogen) atoms. The van der Waals surface area contributed by atoms with Crippen molar-refractivity contribution in [2.45, 2.75) is 13.3 Å². The van der Waals surface area contributed by atoms with Crippen LogP contribution in [-0.4, -0.2) is 15.9 Å². The number of nitrogens with one attached hydrogen (secondary N) is 1. The molecule has 0 fully saturated rings. The van der Waals surface area contributed by atoms with Crippen LogP contribution in [0.2, 0.25) is 15.5 Å². The van der Waals surface area contributed by atoms with Crippen molar-refractivity contribution >= 4 is 46.4 Å². The van der Waals surface area contributed by atoms with Crippen LogP contribution in [0.1, 0.15) is 11.1 Å². The van der Waals surface area contributed by atoms with Gasteiger partial charge in [-0.25, -0.2) is 9.97 Å². The van der Waals surface area contributed by atoms with Crippen LogP contribution in [0.3, 0.4) is 0 Å². The number of amides is 1. The van der Waals surface area contributed by atoms with Gasteiger partial charge in [0.15, 0.2) is 5.15 Å².